The monoisotopic (exact) mass is 182 g/mol. The molecule has 0 N–H and O–H groups in total. The molecular weight excluding hydrogens is 164 g/mol. The molecule has 1 heterocycles. The van der Waals surface area contributed by atoms with E-state index in [0.29, 0.717) is 5.92 Å². The highest BCUT2D eigenvalue weighted by Crippen LogP contribution is 2.26. The molecule has 0 aromatic carbocycles. The van der Waals surface area contributed by atoms with E-state index in [-0.39, 0.29) is 0 Å². The topological polar surface area (TPSA) is 38.9 Å². The third kappa shape index (κ3) is 2.54. The van der Waals surface area contributed by atoms with Gasteiger partial charge in [0.15, 0.2) is 0 Å². The van der Waals surface area contributed by atoms with Crippen LogP contribution >= 0.6 is 0 Å². The molecular formula is C10H18N2O. The van der Waals surface area contributed by atoms with E-state index in [1.165, 1.54) is 25.7 Å². The highest BCUT2D eigenvalue weighted by Gasteiger charge is 2.16. The molecule has 1 rings (SSSR count). The molecule has 0 aliphatic carbocycles. The van der Waals surface area contributed by atoms with Gasteiger partial charge in [-0.3, -0.25) is 0 Å². The largest absolute Gasteiger partial charge is 0.244 e. The van der Waals surface area contributed by atoms with Crippen molar-refractivity contribution in [2.75, 3.05) is 0 Å². The Kier molecular flexibility index (Phi) is 3.93. The first-order valence-corrected chi connectivity index (χ1v) is 5.08. The first-order chi connectivity index (χ1) is 6.29. The van der Waals surface area contributed by atoms with Gasteiger partial charge >= 0.3 is 0 Å². The Balaban J connectivity index is 2.69. The van der Waals surface area contributed by atoms with E-state index >= 15 is 0 Å². The van der Waals surface area contributed by atoms with Crippen molar-refractivity contribution in [1.29, 1.82) is 0 Å². The zero-order valence-electron chi connectivity index (χ0n) is 8.71. The fourth-order valence-corrected chi connectivity index (χ4v) is 1.72. The quantitative estimate of drug-likeness (QED) is 0.702. The second kappa shape index (κ2) is 5.00. The van der Waals surface area contributed by atoms with Crippen molar-refractivity contribution in [3.8, 4) is 0 Å². The summed E-state index contributed by atoms with van der Waals surface area (Å²) >= 11 is 0. The highest BCUT2D eigenvalue weighted by atomic mass is 16.6. The molecule has 1 aromatic heterocycles. The van der Waals surface area contributed by atoms with Gasteiger partial charge in [-0.15, -0.1) is 0 Å². The third-order valence-electron chi connectivity index (χ3n) is 2.35. The molecule has 0 radical (unpaired) electrons. The Hall–Kier alpha value is -0.860. The van der Waals surface area contributed by atoms with Crippen molar-refractivity contribution < 1.29 is 4.63 Å². The molecule has 0 spiro atoms. The first kappa shape index (κ1) is 10.2. The maximum Gasteiger partial charge on any atom is 0.111 e. The second-order valence-corrected chi connectivity index (χ2v) is 3.51. The van der Waals surface area contributed by atoms with E-state index in [1.807, 2.05) is 6.92 Å². The minimum absolute atomic E-state index is 0.543. The molecule has 13 heavy (non-hydrogen) atoms. The van der Waals surface area contributed by atoms with Crippen molar-refractivity contribution in [2.24, 2.45) is 0 Å². The van der Waals surface area contributed by atoms with E-state index < -0.39 is 0 Å². The van der Waals surface area contributed by atoms with Gasteiger partial charge in [-0.05, 0) is 19.8 Å². The molecule has 3 heteroatoms. The molecule has 0 bridgehead atoms. The van der Waals surface area contributed by atoms with Gasteiger partial charge in [0, 0.05) is 5.92 Å². The van der Waals surface area contributed by atoms with Gasteiger partial charge in [-0.25, -0.2) is 4.63 Å². The Morgan fingerprint density at radius 3 is 2.15 bits per heavy atom. The van der Waals surface area contributed by atoms with E-state index in [4.69, 9.17) is 4.63 Å². The Morgan fingerprint density at radius 1 is 1.15 bits per heavy atom. The standard InChI is InChI=1S/C10H18N2O/c1-4-6-9(7-5-2)10-8(3)11-13-12-10/h9H,4-7H2,1-3H3. The highest BCUT2D eigenvalue weighted by molar-refractivity contribution is 5.10. The van der Waals surface area contributed by atoms with E-state index in [1.54, 1.807) is 0 Å². The molecule has 0 aliphatic heterocycles. The lowest BCUT2D eigenvalue weighted by molar-refractivity contribution is 0.297. The number of hydrogen-bond acceptors (Lipinski definition) is 3. The summed E-state index contributed by atoms with van der Waals surface area (Å²) in [6.07, 6.45) is 4.75. The van der Waals surface area contributed by atoms with Crippen molar-refractivity contribution in [3.05, 3.63) is 11.4 Å². The van der Waals surface area contributed by atoms with Crippen LogP contribution in [0, 0.1) is 6.92 Å². The predicted octanol–water partition coefficient (Wildman–Crippen LogP) is 3.06. The van der Waals surface area contributed by atoms with Gasteiger partial charge in [0.2, 0.25) is 0 Å². The van der Waals surface area contributed by atoms with Gasteiger partial charge in [-0.1, -0.05) is 37.0 Å². The van der Waals surface area contributed by atoms with Crippen LogP contribution in [0.5, 0.6) is 0 Å². The summed E-state index contributed by atoms with van der Waals surface area (Å²) in [6.45, 7) is 6.36. The number of nitrogens with zero attached hydrogens (tertiary/aromatic N) is 2. The molecule has 0 amide bonds. The molecule has 0 unspecified atom stereocenters. The maximum atomic E-state index is 4.72. The van der Waals surface area contributed by atoms with Crippen LogP contribution < -0.4 is 0 Å². The number of aryl methyl sites for hydroxylation is 1. The lowest BCUT2D eigenvalue weighted by Gasteiger charge is -2.11. The second-order valence-electron chi connectivity index (χ2n) is 3.51. The minimum Gasteiger partial charge on any atom is -0.244 e. The molecule has 0 atom stereocenters. The summed E-state index contributed by atoms with van der Waals surface area (Å²) < 4.78 is 4.72. The SMILES string of the molecule is CCCC(CCC)c1nonc1C. The summed E-state index contributed by atoms with van der Waals surface area (Å²) in [5.41, 5.74) is 2.01. The summed E-state index contributed by atoms with van der Waals surface area (Å²) in [5, 5.41) is 7.78. The van der Waals surface area contributed by atoms with E-state index in [0.717, 1.165) is 11.4 Å². The van der Waals surface area contributed by atoms with E-state index in [9.17, 15) is 0 Å². The molecule has 0 aliphatic rings. The van der Waals surface area contributed by atoms with Crippen LogP contribution in [-0.4, -0.2) is 10.3 Å². The van der Waals surface area contributed by atoms with Crippen molar-refractivity contribution in [3.63, 3.8) is 0 Å². The summed E-state index contributed by atoms with van der Waals surface area (Å²) in [4.78, 5) is 0. The van der Waals surface area contributed by atoms with Crippen LogP contribution in [0.2, 0.25) is 0 Å². The number of hydrogen-bond donors (Lipinski definition) is 0. The van der Waals surface area contributed by atoms with Crippen LogP contribution in [0.15, 0.2) is 4.63 Å². The van der Waals surface area contributed by atoms with Crippen LogP contribution in [0.3, 0.4) is 0 Å². The molecule has 3 nitrogen and oxygen atoms in total. The zero-order valence-corrected chi connectivity index (χ0v) is 8.71. The van der Waals surface area contributed by atoms with Crippen LogP contribution in [0.4, 0.5) is 0 Å². The number of aromatic nitrogens is 2. The van der Waals surface area contributed by atoms with Crippen molar-refractivity contribution in [2.45, 2.75) is 52.4 Å². The Bertz CT molecular complexity index is 239. The van der Waals surface area contributed by atoms with E-state index in [2.05, 4.69) is 24.2 Å². The van der Waals surface area contributed by atoms with Crippen LogP contribution in [-0.2, 0) is 0 Å². The zero-order chi connectivity index (χ0) is 9.68. The molecule has 74 valence electrons. The van der Waals surface area contributed by atoms with Gasteiger partial charge in [0.1, 0.15) is 11.4 Å². The average Bonchev–Trinajstić information content (AvgIpc) is 2.51. The summed E-state index contributed by atoms with van der Waals surface area (Å²) in [7, 11) is 0. The van der Waals surface area contributed by atoms with Crippen LogP contribution in [0.25, 0.3) is 0 Å². The summed E-state index contributed by atoms with van der Waals surface area (Å²) in [5.74, 6) is 0.543. The smallest absolute Gasteiger partial charge is 0.111 e. The average molecular weight is 182 g/mol. The predicted molar refractivity (Wildman–Crippen MR) is 51.6 cm³/mol. The fourth-order valence-electron chi connectivity index (χ4n) is 1.72. The fraction of sp³-hybridized carbons (Fsp3) is 0.800. The molecule has 0 fully saturated rings. The minimum atomic E-state index is 0.543. The molecule has 0 saturated heterocycles. The molecule has 1 aromatic rings. The normalized spacial score (nSPS) is 11.1. The maximum absolute atomic E-state index is 4.72. The first-order valence-electron chi connectivity index (χ1n) is 5.08. The summed E-state index contributed by atoms with van der Waals surface area (Å²) in [6, 6.07) is 0. The molecule has 0 saturated carbocycles. The van der Waals surface area contributed by atoms with Gasteiger partial charge in [0.25, 0.3) is 0 Å². The third-order valence-corrected chi connectivity index (χ3v) is 2.35. The Morgan fingerprint density at radius 2 is 1.77 bits per heavy atom. The van der Waals surface area contributed by atoms with Crippen molar-refractivity contribution >= 4 is 0 Å². The van der Waals surface area contributed by atoms with Gasteiger partial charge in [-0.2, -0.15) is 0 Å². The lowest BCUT2D eigenvalue weighted by Crippen LogP contribution is -2.00. The number of rotatable bonds is 5. The van der Waals surface area contributed by atoms with Crippen LogP contribution in [0.1, 0.15) is 56.8 Å². The van der Waals surface area contributed by atoms with Gasteiger partial charge < -0.3 is 0 Å². The lowest BCUT2D eigenvalue weighted by atomic mass is 9.94. The Labute approximate surface area is 79.5 Å². The van der Waals surface area contributed by atoms with Gasteiger partial charge in [0.05, 0.1) is 0 Å². The van der Waals surface area contributed by atoms with Crippen molar-refractivity contribution in [1.82, 2.24) is 10.3 Å².